The lowest BCUT2D eigenvalue weighted by Crippen LogP contribution is -2.09. The summed E-state index contributed by atoms with van der Waals surface area (Å²) in [6.45, 7) is 2.71. The number of halogens is 1. The van der Waals surface area contributed by atoms with Crippen molar-refractivity contribution in [1.29, 1.82) is 0 Å². The van der Waals surface area contributed by atoms with Crippen LogP contribution in [0.2, 0.25) is 5.15 Å². The molecule has 0 aliphatic heterocycles. The van der Waals surface area contributed by atoms with E-state index < -0.39 is 4.92 Å². The highest BCUT2D eigenvalue weighted by atomic mass is 35.5. The second kappa shape index (κ2) is 7.04. The number of nitrogens with one attached hydrogen (secondary N) is 1. The van der Waals surface area contributed by atoms with Crippen molar-refractivity contribution in [2.75, 3.05) is 11.9 Å². The first-order chi connectivity index (χ1) is 10.1. The third kappa shape index (κ3) is 4.16. The van der Waals surface area contributed by atoms with Crippen molar-refractivity contribution in [3.05, 3.63) is 63.3 Å². The van der Waals surface area contributed by atoms with Crippen molar-refractivity contribution >= 4 is 23.1 Å². The van der Waals surface area contributed by atoms with Gasteiger partial charge >= 0.3 is 5.69 Å². The summed E-state index contributed by atoms with van der Waals surface area (Å²) in [5, 5.41) is 14.2. The molecule has 2 aromatic rings. The van der Waals surface area contributed by atoms with Crippen LogP contribution in [-0.2, 0) is 0 Å². The average Bonchev–Trinajstić information content (AvgIpc) is 2.48. The molecule has 2 rings (SSSR count). The van der Waals surface area contributed by atoms with E-state index in [2.05, 4.69) is 29.4 Å². The average molecular weight is 306 g/mol. The molecule has 110 valence electrons. The lowest BCUT2D eigenvalue weighted by Gasteiger charge is -2.12. The lowest BCUT2D eigenvalue weighted by molar-refractivity contribution is -0.384. The number of rotatable bonds is 6. The van der Waals surface area contributed by atoms with Gasteiger partial charge in [-0.05, 0) is 24.0 Å². The first kappa shape index (κ1) is 15.3. The largest absolute Gasteiger partial charge is 0.364 e. The molecule has 6 heteroatoms. The van der Waals surface area contributed by atoms with Gasteiger partial charge < -0.3 is 5.32 Å². The highest BCUT2D eigenvalue weighted by Gasteiger charge is 2.15. The second-order valence-corrected chi connectivity index (χ2v) is 5.17. The summed E-state index contributed by atoms with van der Waals surface area (Å²) in [5.41, 5.74) is 1.18. The monoisotopic (exact) mass is 305 g/mol. The SMILES string of the molecule is CC(CCNc1nc(Cl)ccc1[N+](=O)[O-])c1ccccc1. The summed E-state index contributed by atoms with van der Waals surface area (Å²) in [6.07, 6.45) is 0.843. The van der Waals surface area contributed by atoms with Gasteiger partial charge in [0.15, 0.2) is 0 Å². The first-order valence-electron chi connectivity index (χ1n) is 6.67. The third-order valence-corrected chi connectivity index (χ3v) is 3.49. The Morgan fingerprint density at radius 3 is 2.67 bits per heavy atom. The molecule has 1 unspecified atom stereocenters. The van der Waals surface area contributed by atoms with Crippen LogP contribution in [0, 0.1) is 10.1 Å². The molecule has 0 amide bonds. The van der Waals surface area contributed by atoms with Crippen molar-refractivity contribution in [2.24, 2.45) is 0 Å². The van der Waals surface area contributed by atoms with Crippen molar-refractivity contribution in [3.63, 3.8) is 0 Å². The highest BCUT2D eigenvalue weighted by molar-refractivity contribution is 6.29. The van der Waals surface area contributed by atoms with E-state index in [0.717, 1.165) is 6.42 Å². The molecule has 0 fully saturated rings. The molecule has 1 aromatic heterocycles. The number of pyridine rings is 1. The van der Waals surface area contributed by atoms with Crippen molar-refractivity contribution < 1.29 is 4.92 Å². The summed E-state index contributed by atoms with van der Waals surface area (Å²) < 4.78 is 0. The van der Waals surface area contributed by atoms with Crippen LogP contribution in [0.4, 0.5) is 11.5 Å². The number of nitrogens with zero attached hydrogens (tertiary/aromatic N) is 2. The van der Waals surface area contributed by atoms with Crippen LogP contribution in [0.5, 0.6) is 0 Å². The maximum Gasteiger partial charge on any atom is 0.311 e. The quantitative estimate of drug-likeness (QED) is 0.492. The normalized spacial score (nSPS) is 11.9. The van der Waals surface area contributed by atoms with Crippen molar-refractivity contribution in [1.82, 2.24) is 4.98 Å². The van der Waals surface area contributed by atoms with E-state index in [1.165, 1.54) is 17.7 Å². The van der Waals surface area contributed by atoms with E-state index in [1.54, 1.807) is 0 Å². The van der Waals surface area contributed by atoms with Gasteiger partial charge in [0.05, 0.1) is 4.92 Å². The number of nitro groups is 1. The number of benzene rings is 1. The second-order valence-electron chi connectivity index (χ2n) is 4.79. The smallest absolute Gasteiger partial charge is 0.311 e. The van der Waals surface area contributed by atoms with Crippen LogP contribution in [0.3, 0.4) is 0 Å². The number of hydrogen-bond acceptors (Lipinski definition) is 4. The molecular weight excluding hydrogens is 290 g/mol. The molecule has 1 atom stereocenters. The summed E-state index contributed by atoms with van der Waals surface area (Å²) >= 11 is 5.79. The van der Waals surface area contributed by atoms with Crippen LogP contribution >= 0.6 is 11.6 Å². The van der Waals surface area contributed by atoms with Gasteiger partial charge in [0.1, 0.15) is 5.15 Å². The third-order valence-electron chi connectivity index (χ3n) is 3.28. The van der Waals surface area contributed by atoms with E-state index in [1.807, 2.05) is 18.2 Å². The van der Waals surface area contributed by atoms with Gasteiger partial charge in [-0.3, -0.25) is 10.1 Å². The van der Waals surface area contributed by atoms with E-state index in [9.17, 15) is 10.1 Å². The highest BCUT2D eigenvalue weighted by Crippen LogP contribution is 2.25. The summed E-state index contributed by atoms with van der Waals surface area (Å²) in [4.78, 5) is 14.4. The van der Waals surface area contributed by atoms with Crippen LogP contribution < -0.4 is 5.32 Å². The summed E-state index contributed by atoms with van der Waals surface area (Å²) in [5.74, 6) is 0.574. The standard InChI is InChI=1S/C15H16ClN3O2/c1-11(12-5-3-2-4-6-12)9-10-17-15-13(19(20)21)7-8-14(16)18-15/h2-8,11H,9-10H2,1H3,(H,17,18). The topological polar surface area (TPSA) is 68.1 Å². The molecule has 0 saturated heterocycles. The molecule has 0 bridgehead atoms. The minimum absolute atomic E-state index is 0.0632. The fraction of sp³-hybridized carbons (Fsp3) is 0.267. The van der Waals surface area contributed by atoms with Gasteiger partial charge in [0, 0.05) is 12.6 Å². The molecule has 0 saturated carbocycles. The zero-order chi connectivity index (χ0) is 15.2. The Kier molecular flexibility index (Phi) is 5.11. The van der Waals surface area contributed by atoms with Gasteiger partial charge in [0.25, 0.3) is 0 Å². The Bertz CT molecular complexity index is 620. The van der Waals surface area contributed by atoms with Crippen LogP contribution in [0.15, 0.2) is 42.5 Å². The van der Waals surface area contributed by atoms with Crippen molar-refractivity contribution in [2.45, 2.75) is 19.3 Å². The molecule has 1 aromatic carbocycles. The van der Waals surface area contributed by atoms with E-state index in [0.29, 0.717) is 12.5 Å². The number of hydrogen-bond donors (Lipinski definition) is 1. The van der Waals surface area contributed by atoms with Crippen LogP contribution in [0.25, 0.3) is 0 Å². The maximum atomic E-state index is 10.9. The van der Waals surface area contributed by atoms with E-state index in [4.69, 9.17) is 11.6 Å². The predicted octanol–water partition coefficient (Wildman–Crippen LogP) is 4.25. The molecule has 0 aliphatic carbocycles. The summed E-state index contributed by atoms with van der Waals surface area (Å²) in [6, 6.07) is 12.9. The van der Waals surface area contributed by atoms with Gasteiger partial charge in [0.2, 0.25) is 5.82 Å². The molecule has 5 nitrogen and oxygen atoms in total. The Hall–Kier alpha value is -2.14. The first-order valence-corrected chi connectivity index (χ1v) is 7.05. The zero-order valence-electron chi connectivity index (χ0n) is 11.6. The molecule has 21 heavy (non-hydrogen) atoms. The molecule has 0 radical (unpaired) electrons. The molecule has 0 spiro atoms. The minimum atomic E-state index is -0.466. The van der Waals surface area contributed by atoms with E-state index >= 15 is 0 Å². The summed E-state index contributed by atoms with van der Waals surface area (Å²) in [7, 11) is 0. The zero-order valence-corrected chi connectivity index (χ0v) is 12.4. The molecular formula is C15H16ClN3O2. The fourth-order valence-corrected chi connectivity index (χ4v) is 2.21. The molecule has 0 aliphatic rings. The molecule has 1 heterocycles. The van der Waals surface area contributed by atoms with Crippen molar-refractivity contribution in [3.8, 4) is 0 Å². The number of anilines is 1. The van der Waals surface area contributed by atoms with Crippen LogP contribution in [0.1, 0.15) is 24.8 Å². The Labute approximate surface area is 128 Å². The minimum Gasteiger partial charge on any atom is -0.364 e. The number of aromatic nitrogens is 1. The van der Waals surface area contributed by atoms with E-state index in [-0.39, 0.29) is 16.7 Å². The van der Waals surface area contributed by atoms with Crippen LogP contribution in [-0.4, -0.2) is 16.5 Å². The fourth-order valence-electron chi connectivity index (χ4n) is 2.06. The molecule has 1 N–H and O–H groups in total. The maximum absolute atomic E-state index is 10.9. The predicted molar refractivity (Wildman–Crippen MR) is 83.9 cm³/mol. The van der Waals surface area contributed by atoms with Gasteiger partial charge in [-0.15, -0.1) is 0 Å². The van der Waals surface area contributed by atoms with Gasteiger partial charge in [-0.2, -0.15) is 0 Å². The lowest BCUT2D eigenvalue weighted by atomic mass is 9.98. The van der Waals surface area contributed by atoms with Gasteiger partial charge in [-0.1, -0.05) is 48.9 Å². The Balaban J connectivity index is 1.97. The Morgan fingerprint density at radius 2 is 2.00 bits per heavy atom. The Morgan fingerprint density at radius 1 is 1.29 bits per heavy atom. The van der Waals surface area contributed by atoms with Gasteiger partial charge in [-0.25, -0.2) is 4.98 Å².